The van der Waals surface area contributed by atoms with Crippen molar-refractivity contribution in [2.75, 3.05) is 0 Å². The number of carbonyl (C=O) groups is 1. The van der Waals surface area contributed by atoms with Gasteiger partial charge in [-0.2, -0.15) is 4.98 Å². The molecule has 0 saturated carbocycles. The fourth-order valence-corrected chi connectivity index (χ4v) is 4.16. The van der Waals surface area contributed by atoms with Gasteiger partial charge in [-0.15, -0.1) is 5.10 Å². The van der Waals surface area contributed by atoms with Crippen LogP contribution in [-0.2, 0) is 12.3 Å². The van der Waals surface area contributed by atoms with Crippen LogP contribution in [0.5, 0.6) is 0 Å². The highest BCUT2D eigenvalue weighted by Gasteiger charge is 2.14. The zero-order valence-electron chi connectivity index (χ0n) is 16.6. The molecule has 1 N–H and O–H groups in total. The Hall–Kier alpha value is -2.90. The van der Waals surface area contributed by atoms with Crippen LogP contribution in [0.3, 0.4) is 0 Å². The Balaban J connectivity index is 1.47. The van der Waals surface area contributed by atoms with Gasteiger partial charge in [0.05, 0.1) is 0 Å². The lowest BCUT2D eigenvalue weighted by Crippen LogP contribution is -2.24. The van der Waals surface area contributed by atoms with Crippen molar-refractivity contribution in [3.05, 3.63) is 87.7 Å². The van der Waals surface area contributed by atoms with Gasteiger partial charge in [-0.25, -0.2) is 9.50 Å². The van der Waals surface area contributed by atoms with Crippen molar-refractivity contribution in [2.45, 2.75) is 31.3 Å². The first-order chi connectivity index (χ1) is 14.5. The molecule has 2 heterocycles. The van der Waals surface area contributed by atoms with E-state index in [-0.39, 0.29) is 5.91 Å². The molecule has 0 unspecified atom stereocenters. The molecule has 0 aliphatic heterocycles. The lowest BCUT2D eigenvalue weighted by molar-refractivity contribution is 0.0950. The second-order valence-electron chi connectivity index (χ2n) is 6.86. The Morgan fingerprint density at radius 3 is 2.60 bits per heavy atom. The van der Waals surface area contributed by atoms with Crippen molar-refractivity contribution in [1.29, 1.82) is 0 Å². The summed E-state index contributed by atoms with van der Waals surface area (Å²) in [4.78, 5) is 21.7. The second kappa shape index (κ2) is 8.85. The highest BCUT2D eigenvalue weighted by atomic mass is 35.5. The van der Waals surface area contributed by atoms with Gasteiger partial charge in [0.1, 0.15) is 0 Å². The van der Waals surface area contributed by atoms with Crippen LogP contribution < -0.4 is 5.32 Å². The first-order valence-electron chi connectivity index (χ1n) is 9.44. The zero-order valence-corrected chi connectivity index (χ0v) is 18.2. The largest absolute Gasteiger partial charge is 0.348 e. The van der Waals surface area contributed by atoms with E-state index in [1.54, 1.807) is 4.52 Å². The van der Waals surface area contributed by atoms with Crippen LogP contribution in [0.25, 0.3) is 5.78 Å². The lowest BCUT2D eigenvalue weighted by atomic mass is 10.1. The molecular formula is C22H20ClN5OS. The highest BCUT2D eigenvalue weighted by molar-refractivity contribution is 7.98. The van der Waals surface area contributed by atoms with Crippen molar-refractivity contribution in [2.24, 2.45) is 0 Å². The minimum atomic E-state index is -0.137. The van der Waals surface area contributed by atoms with Crippen LogP contribution in [0.2, 0.25) is 5.02 Å². The van der Waals surface area contributed by atoms with E-state index in [9.17, 15) is 4.79 Å². The summed E-state index contributed by atoms with van der Waals surface area (Å²) in [5.74, 6) is 1.02. The summed E-state index contributed by atoms with van der Waals surface area (Å²) in [6.07, 6.45) is 0. The van der Waals surface area contributed by atoms with Crippen LogP contribution in [0, 0.1) is 13.8 Å². The van der Waals surface area contributed by atoms with Crippen molar-refractivity contribution in [3.63, 3.8) is 0 Å². The third-order valence-corrected chi connectivity index (χ3v) is 5.87. The Kier molecular flexibility index (Phi) is 6.01. The van der Waals surface area contributed by atoms with Gasteiger partial charge in [-0.05, 0) is 43.2 Å². The Bertz CT molecular complexity index is 1220. The van der Waals surface area contributed by atoms with Gasteiger partial charge in [0.25, 0.3) is 11.7 Å². The average molecular weight is 438 g/mol. The van der Waals surface area contributed by atoms with Crippen molar-refractivity contribution >= 4 is 35.0 Å². The third kappa shape index (κ3) is 4.47. The number of hydrogen-bond donors (Lipinski definition) is 1. The van der Waals surface area contributed by atoms with Gasteiger partial charge in [0.2, 0.25) is 5.16 Å². The number of thioether (sulfide) groups is 1. The van der Waals surface area contributed by atoms with Crippen molar-refractivity contribution < 1.29 is 4.79 Å². The molecule has 2 aromatic heterocycles. The van der Waals surface area contributed by atoms with Crippen LogP contribution >= 0.6 is 23.4 Å². The number of benzene rings is 2. The number of hydrogen-bond acceptors (Lipinski definition) is 5. The number of carbonyl (C=O) groups excluding carboxylic acids is 1. The standard InChI is InChI=1S/C22H20ClN5OS/c1-14-11-15(2)28-21(25-14)26-22(27-28)30-13-17-8-3-5-9-18(17)20(29)24-12-16-7-4-6-10-19(16)23/h3-11H,12-13H2,1-2H3,(H,24,29). The van der Waals surface area contributed by atoms with Gasteiger partial charge >= 0.3 is 0 Å². The summed E-state index contributed by atoms with van der Waals surface area (Å²) in [6.45, 7) is 4.29. The minimum Gasteiger partial charge on any atom is -0.348 e. The average Bonchev–Trinajstić information content (AvgIpc) is 3.15. The van der Waals surface area contributed by atoms with E-state index in [4.69, 9.17) is 11.6 Å². The van der Waals surface area contributed by atoms with Crippen molar-refractivity contribution in [3.8, 4) is 0 Å². The number of nitrogens with one attached hydrogen (secondary N) is 1. The molecule has 0 bridgehead atoms. The van der Waals surface area contributed by atoms with E-state index >= 15 is 0 Å². The molecule has 0 aliphatic rings. The summed E-state index contributed by atoms with van der Waals surface area (Å²) in [5.41, 5.74) is 4.32. The molecule has 8 heteroatoms. The summed E-state index contributed by atoms with van der Waals surface area (Å²) < 4.78 is 1.73. The molecular weight excluding hydrogens is 418 g/mol. The number of rotatable bonds is 6. The number of aryl methyl sites for hydroxylation is 2. The fraction of sp³-hybridized carbons (Fsp3) is 0.182. The molecule has 1 amide bonds. The first kappa shape index (κ1) is 20.4. The summed E-state index contributed by atoms with van der Waals surface area (Å²) in [5, 5.41) is 8.74. The van der Waals surface area contributed by atoms with E-state index in [1.165, 1.54) is 11.8 Å². The minimum absolute atomic E-state index is 0.137. The molecule has 2 aromatic carbocycles. The Labute approximate surface area is 183 Å². The van der Waals surface area contributed by atoms with Gasteiger partial charge in [0, 0.05) is 34.3 Å². The van der Waals surface area contributed by atoms with E-state index < -0.39 is 0 Å². The molecule has 0 saturated heterocycles. The number of fused-ring (bicyclic) bond motifs is 1. The van der Waals surface area contributed by atoms with Gasteiger partial charge in [-0.3, -0.25) is 4.79 Å². The quantitative estimate of drug-likeness (QED) is 0.446. The molecule has 0 aliphatic carbocycles. The predicted molar refractivity (Wildman–Crippen MR) is 119 cm³/mol. The van der Waals surface area contributed by atoms with E-state index in [0.717, 1.165) is 22.5 Å². The zero-order chi connectivity index (χ0) is 21.1. The number of amides is 1. The molecule has 0 atom stereocenters. The number of nitrogens with zero attached hydrogens (tertiary/aromatic N) is 4. The Morgan fingerprint density at radius 1 is 1.07 bits per heavy atom. The maximum Gasteiger partial charge on any atom is 0.253 e. The summed E-state index contributed by atoms with van der Waals surface area (Å²) >= 11 is 7.66. The molecule has 30 heavy (non-hydrogen) atoms. The molecule has 152 valence electrons. The number of aromatic nitrogens is 4. The normalized spacial score (nSPS) is 11.0. The van der Waals surface area contributed by atoms with E-state index in [1.807, 2.05) is 68.4 Å². The first-order valence-corrected chi connectivity index (χ1v) is 10.8. The van der Waals surface area contributed by atoms with Crippen molar-refractivity contribution in [1.82, 2.24) is 24.9 Å². The van der Waals surface area contributed by atoms with Crippen LogP contribution in [0.1, 0.15) is 32.9 Å². The monoisotopic (exact) mass is 437 g/mol. The van der Waals surface area contributed by atoms with E-state index in [0.29, 0.717) is 33.8 Å². The molecule has 0 spiro atoms. The summed E-state index contributed by atoms with van der Waals surface area (Å²) in [6, 6.07) is 17.0. The van der Waals surface area contributed by atoms with Crippen LogP contribution in [0.4, 0.5) is 0 Å². The molecule has 4 rings (SSSR count). The highest BCUT2D eigenvalue weighted by Crippen LogP contribution is 2.23. The van der Waals surface area contributed by atoms with Crippen LogP contribution in [0.15, 0.2) is 59.8 Å². The molecule has 0 radical (unpaired) electrons. The molecule has 0 fully saturated rings. The smallest absolute Gasteiger partial charge is 0.253 e. The summed E-state index contributed by atoms with van der Waals surface area (Å²) in [7, 11) is 0. The third-order valence-electron chi connectivity index (χ3n) is 4.61. The molecule has 4 aromatic rings. The molecule has 6 nitrogen and oxygen atoms in total. The van der Waals surface area contributed by atoms with Gasteiger partial charge < -0.3 is 5.32 Å². The SMILES string of the molecule is Cc1cc(C)n2nc(SCc3ccccc3C(=O)NCc3ccccc3Cl)nc2n1. The van der Waals surface area contributed by atoms with Crippen LogP contribution in [-0.4, -0.2) is 25.5 Å². The Morgan fingerprint density at radius 2 is 1.80 bits per heavy atom. The number of halogens is 1. The van der Waals surface area contributed by atoms with E-state index in [2.05, 4.69) is 20.4 Å². The topological polar surface area (TPSA) is 72.2 Å². The maximum absolute atomic E-state index is 12.8. The fourth-order valence-electron chi connectivity index (χ4n) is 3.13. The second-order valence-corrected chi connectivity index (χ2v) is 8.21. The van der Waals surface area contributed by atoms with Gasteiger partial charge in [-0.1, -0.05) is 59.8 Å². The lowest BCUT2D eigenvalue weighted by Gasteiger charge is -2.10. The maximum atomic E-state index is 12.8. The predicted octanol–water partition coefficient (Wildman–Crippen LogP) is 4.62. The van der Waals surface area contributed by atoms with Gasteiger partial charge in [0.15, 0.2) is 0 Å².